The second-order valence-electron chi connectivity index (χ2n) is 4.78. The molecule has 0 spiro atoms. The highest BCUT2D eigenvalue weighted by atomic mass is 32.2. The lowest BCUT2D eigenvalue weighted by Gasteiger charge is -2.15. The fourth-order valence-electron chi connectivity index (χ4n) is 1.97. The molecule has 0 saturated carbocycles. The van der Waals surface area contributed by atoms with Gasteiger partial charge in [-0.15, -0.1) is 0 Å². The summed E-state index contributed by atoms with van der Waals surface area (Å²) in [6.45, 7) is 0.612. The molecule has 1 atom stereocenters. The van der Waals surface area contributed by atoms with Gasteiger partial charge in [-0.3, -0.25) is 4.79 Å². The third-order valence-electron chi connectivity index (χ3n) is 3.22. The molecule has 4 heteroatoms. The standard InChI is InChI=1S/C16H25NO2S/c1-19-15(11-12-20-2)13-17-16(18)10-6-9-14-7-4-3-5-8-14/h3-5,7-8,15H,6,9-13H2,1-2H3,(H,17,18). The molecule has 1 amide bonds. The SMILES string of the molecule is COC(CCSC)CNC(=O)CCCc1ccccc1. The first-order valence-electron chi connectivity index (χ1n) is 7.08. The highest BCUT2D eigenvalue weighted by Crippen LogP contribution is 2.05. The van der Waals surface area contributed by atoms with Crippen molar-refractivity contribution >= 4 is 17.7 Å². The normalized spacial score (nSPS) is 12.1. The zero-order valence-corrected chi connectivity index (χ0v) is 13.2. The molecule has 1 aromatic rings. The number of carbonyl (C=O) groups excluding carboxylic acids is 1. The van der Waals surface area contributed by atoms with Gasteiger partial charge in [0, 0.05) is 20.1 Å². The monoisotopic (exact) mass is 295 g/mol. The molecule has 1 rings (SSSR count). The third kappa shape index (κ3) is 7.56. The van der Waals surface area contributed by atoms with Crippen LogP contribution in [0.1, 0.15) is 24.8 Å². The van der Waals surface area contributed by atoms with Gasteiger partial charge in [0.25, 0.3) is 0 Å². The summed E-state index contributed by atoms with van der Waals surface area (Å²) in [5.41, 5.74) is 1.29. The summed E-state index contributed by atoms with van der Waals surface area (Å²) in [6, 6.07) is 10.3. The topological polar surface area (TPSA) is 38.3 Å². The third-order valence-corrected chi connectivity index (χ3v) is 3.86. The second-order valence-corrected chi connectivity index (χ2v) is 5.77. The second kappa shape index (κ2) is 10.7. The van der Waals surface area contributed by atoms with Crippen LogP contribution in [0.2, 0.25) is 0 Å². The first-order chi connectivity index (χ1) is 9.76. The van der Waals surface area contributed by atoms with Crippen molar-refractivity contribution in [3.63, 3.8) is 0 Å². The van der Waals surface area contributed by atoms with Crippen LogP contribution in [0.5, 0.6) is 0 Å². The van der Waals surface area contributed by atoms with Gasteiger partial charge in [0.1, 0.15) is 0 Å². The molecule has 0 radical (unpaired) electrons. The number of rotatable bonds is 10. The Kier molecular flexibility index (Phi) is 9.16. The van der Waals surface area contributed by atoms with Crippen LogP contribution in [0.3, 0.4) is 0 Å². The summed E-state index contributed by atoms with van der Waals surface area (Å²) in [4.78, 5) is 11.8. The molecule has 0 saturated heterocycles. The van der Waals surface area contributed by atoms with E-state index in [4.69, 9.17) is 4.74 Å². The van der Waals surface area contributed by atoms with Crippen molar-refractivity contribution < 1.29 is 9.53 Å². The van der Waals surface area contributed by atoms with Crippen molar-refractivity contribution in [3.8, 4) is 0 Å². The number of methoxy groups -OCH3 is 1. The first kappa shape index (κ1) is 17.1. The van der Waals surface area contributed by atoms with Crippen molar-refractivity contribution in [2.45, 2.75) is 31.8 Å². The molecule has 0 aromatic heterocycles. The fourth-order valence-corrected chi connectivity index (χ4v) is 2.46. The molecule has 0 aliphatic carbocycles. The van der Waals surface area contributed by atoms with Crippen LogP contribution in [-0.2, 0) is 16.0 Å². The molecule has 1 aromatic carbocycles. The van der Waals surface area contributed by atoms with Gasteiger partial charge in [-0.2, -0.15) is 11.8 Å². The van der Waals surface area contributed by atoms with Crippen molar-refractivity contribution in [2.75, 3.05) is 25.7 Å². The Morgan fingerprint density at radius 2 is 2.10 bits per heavy atom. The van der Waals surface area contributed by atoms with E-state index in [9.17, 15) is 4.79 Å². The molecule has 0 bridgehead atoms. The van der Waals surface area contributed by atoms with Gasteiger partial charge < -0.3 is 10.1 Å². The van der Waals surface area contributed by atoms with Crippen LogP contribution in [0.4, 0.5) is 0 Å². The van der Waals surface area contributed by atoms with Crippen molar-refractivity contribution in [2.24, 2.45) is 0 Å². The summed E-state index contributed by atoms with van der Waals surface area (Å²) >= 11 is 1.80. The zero-order chi connectivity index (χ0) is 14.6. The number of nitrogens with one attached hydrogen (secondary N) is 1. The predicted molar refractivity (Wildman–Crippen MR) is 86.2 cm³/mol. The van der Waals surface area contributed by atoms with E-state index in [2.05, 4.69) is 23.7 Å². The van der Waals surface area contributed by atoms with Gasteiger partial charge in [0.15, 0.2) is 0 Å². The average molecular weight is 295 g/mol. The summed E-state index contributed by atoms with van der Waals surface area (Å²) < 4.78 is 5.35. The van der Waals surface area contributed by atoms with E-state index in [0.29, 0.717) is 13.0 Å². The minimum atomic E-state index is 0.118. The van der Waals surface area contributed by atoms with E-state index in [1.54, 1.807) is 18.9 Å². The predicted octanol–water partition coefficient (Wildman–Crippen LogP) is 2.89. The first-order valence-corrected chi connectivity index (χ1v) is 8.48. The number of ether oxygens (including phenoxy) is 1. The Balaban J connectivity index is 2.13. The van der Waals surface area contributed by atoms with Crippen LogP contribution in [0.25, 0.3) is 0 Å². The number of hydrogen-bond donors (Lipinski definition) is 1. The van der Waals surface area contributed by atoms with Crippen molar-refractivity contribution in [1.29, 1.82) is 0 Å². The lowest BCUT2D eigenvalue weighted by Crippen LogP contribution is -2.33. The van der Waals surface area contributed by atoms with Crippen LogP contribution in [0, 0.1) is 0 Å². The van der Waals surface area contributed by atoms with E-state index >= 15 is 0 Å². The summed E-state index contributed by atoms with van der Waals surface area (Å²) in [5.74, 6) is 1.18. The molecular formula is C16H25NO2S. The summed E-state index contributed by atoms with van der Waals surface area (Å²) in [5, 5.41) is 2.96. The number of amides is 1. The van der Waals surface area contributed by atoms with Gasteiger partial charge in [-0.1, -0.05) is 30.3 Å². The van der Waals surface area contributed by atoms with Crippen molar-refractivity contribution in [3.05, 3.63) is 35.9 Å². The van der Waals surface area contributed by atoms with Crippen LogP contribution >= 0.6 is 11.8 Å². The molecule has 0 aliphatic rings. The van der Waals surface area contributed by atoms with Crippen LogP contribution < -0.4 is 5.32 Å². The van der Waals surface area contributed by atoms with E-state index in [-0.39, 0.29) is 12.0 Å². The number of hydrogen-bond acceptors (Lipinski definition) is 3. The Morgan fingerprint density at radius 3 is 2.75 bits per heavy atom. The molecule has 0 fully saturated rings. The zero-order valence-electron chi connectivity index (χ0n) is 12.4. The van der Waals surface area contributed by atoms with Gasteiger partial charge in [0.05, 0.1) is 6.10 Å². The largest absolute Gasteiger partial charge is 0.380 e. The minimum absolute atomic E-state index is 0.118. The molecule has 3 nitrogen and oxygen atoms in total. The Morgan fingerprint density at radius 1 is 1.35 bits per heavy atom. The quantitative estimate of drug-likeness (QED) is 0.721. The number of carbonyl (C=O) groups is 1. The molecular weight excluding hydrogens is 270 g/mol. The Labute approximate surface area is 126 Å². The lowest BCUT2D eigenvalue weighted by molar-refractivity contribution is -0.121. The molecule has 1 N–H and O–H groups in total. The van der Waals surface area contributed by atoms with Gasteiger partial charge in [-0.25, -0.2) is 0 Å². The van der Waals surface area contributed by atoms with Crippen molar-refractivity contribution in [1.82, 2.24) is 5.32 Å². The minimum Gasteiger partial charge on any atom is -0.380 e. The molecule has 112 valence electrons. The van der Waals surface area contributed by atoms with Gasteiger partial charge in [0.2, 0.25) is 5.91 Å². The summed E-state index contributed by atoms with van der Waals surface area (Å²) in [7, 11) is 1.70. The smallest absolute Gasteiger partial charge is 0.220 e. The summed E-state index contributed by atoms with van der Waals surface area (Å²) in [6.07, 6.45) is 5.60. The Hall–Kier alpha value is -1.00. The van der Waals surface area contributed by atoms with E-state index in [1.165, 1.54) is 5.56 Å². The highest BCUT2D eigenvalue weighted by Gasteiger charge is 2.09. The maximum absolute atomic E-state index is 11.8. The van der Waals surface area contributed by atoms with Gasteiger partial charge in [-0.05, 0) is 36.8 Å². The molecule has 1 unspecified atom stereocenters. The van der Waals surface area contributed by atoms with Gasteiger partial charge >= 0.3 is 0 Å². The van der Waals surface area contributed by atoms with Crippen LogP contribution in [-0.4, -0.2) is 37.7 Å². The number of benzene rings is 1. The Bertz CT molecular complexity index is 370. The fraction of sp³-hybridized carbons (Fsp3) is 0.562. The van der Waals surface area contributed by atoms with Crippen LogP contribution in [0.15, 0.2) is 30.3 Å². The molecule has 0 aliphatic heterocycles. The lowest BCUT2D eigenvalue weighted by atomic mass is 10.1. The van der Waals surface area contributed by atoms with E-state index in [0.717, 1.165) is 25.0 Å². The highest BCUT2D eigenvalue weighted by molar-refractivity contribution is 7.98. The molecule has 20 heavy (non-hydrogen) atoms. The molecule has 0 heterocycles. The number of thioether (sulfide) groups is 1. The maximum Gasteiger partial charge on any atom is 0.220 e. The van der Waals surface area contributed by atoms with E-state index in [1.807, 2.05) is 18.2 Å². The number of aryl methyl sites for hydroxylation is 1. The van der Waals surface area contributed by atoms with E-state index < -0.39 is 0 Å². The average Bonchev–Trinajstić information content (AvgIpc) is 2.48. The maximum atomic E-state index is 11.8.